The number of halogens is 1. The Morgan fingerprint density at radius 3 is 2.88 bits per heavy atom. The second-order valence-electron chi connectivity index (χ2n) is 5.40. The number of phenols is 1. The van der Waals surface area contributed by atoms with Gasteiger partial charge in [-0.15, -0.1) is 0 Å². The highest BCUT2D eigenvalue weighted by molar-refractivity contribution is 6.20. The first-order valence-corrected chi connectivity index (χ1v) is 7.20. The van der Waals surface area contributed by atoms with Gasteiger partial charge >= 0.3 is 0 Å². The van der Waals surface area contributed by atoms with Crippen LogP contribution in [0.4, 0.5) is 10.3 Å². The Balaban J connectivity index is 1.91. The van der Waals surface area contributed by atoms with Crippen LogP contribution >= 0.6 is 0 Å². The van der Waals surface area contributed by atoms with Crippen molar-refractivity contribution >= 4 is 17.1 Å². The molecule has 1 N–H and O–H groups in total. The fraction of sp³-hybridized carbons (Fsp3) is 0. The first-order valence-electron chi connectivity index (χ1n) is 7.20. The van der Waals surface area contributed by atoms with Crippen molar-refractivity contribution in [3.63, 3.8) is 0 Å². The van der Waals surface area contributed by atoms with Gasteiger partial charge in [0.15, 0.2) is 0 Å². The molecule has 7 heteroatoms. The minimum atomic E-state index is -0.568. The molecule has 1 aromatic carbocycles. The predicted octanol–water partition coefficient (Wildman–Crippen LogP) is 3.32. The summed E-state index contributed by atoms with van der Waals surface area (Å²) in [5, 5.41) is 13.7. The van der Waals surface area contributed by atoms with E-state index in [1.165, 1.54) is 24.7 Å². The van der Waals surface area contributed by atoms with Crippen LogP contribution in [0.5, 0.6) is 5.75 Å². The summed E-state index contributed by atoms with van der Waals surface area (Å²) in [6.45, 7) is 0. The molecule has 1 aliphatic heterocycles. The van der Waals surface area contributed by atoms with Gasteiger partial charge in [-0.3, -0.25) is 0 Å². The van der Waals surface area contributed by atoms with Crippen LogP contribution in [0, 0.1) is 5.82 Å². The Morgan fingerprint density at radius 2 is 2.00 bits per heavy atom. The van der Waals surface area contributed by atoms with E-state index in [-0.39, 0.29) is 11.3 Å². The number of aliphatic imine (C=N–C) groups is 1. The number of aromatic nitrogens is 3. The van der Waals surface area contributed by atoms with Gasteiger partial charge in [0.25, 0.3) is 0 Å². The normalized spacial score (nSPS) is 12.8. The molecular weight excluding hydrogens is 311 g/mol. The van der Waals surface area contributed by atoms with Gasteiger partial charge in [-0.1, -0.05) is 0 Å². The maximum Gasteiger partial charge on any atom is 0.228 e. The lowest BCUT2D eigenvalue weighted by Crippen LogP contribution is -2.06. The molecule has 0 saturated carbocycles. The van der Waals surface area contributed by atoms with Crippen LogP contribution in [-0.2, 0) is 0 Å². The molecule has 5 rings (SSSR count). The Labute approximate surface area is 134 Å². The fourth-order valence-corrected chi connectivity index (χ4v) is 2.97. The number of hydrogen-bond acceptors (Lipinski definition) is 5. The van der Waals surface area contributed by atoms with Gasteiger partial charge in [0.1, 0.15) is 29.1 Å². The Kier molecular flexibility index (Phi) is 2.44. The van der Waals surface area contributed by atoms with Crippen molar-refractivity contribution in [3.8, 4) is 17.0 Å². The van der Waals surface area contributed by atoms with E-state index in [1.54, 1.807) is 16.8 Å². The molecule has 0 aliphatic carbocycles. The van der Waals surface area contributed by atoms with Gasteiger partial charge in [-0.2, -0.15) is 5.10 Å². The summed E-state index contributed by atoms with van der Waals surface area (Å²) >= 11 is 0. The first kappa shape index (κ1) is 13.0. The van der Waals surface area contributed by atoms with Crippen molar-refractivity contribution in [1.29, 1.82) is 0 Å². The number of rotatable bonds is 1. The number of hydrogen-bond donors (Lipinski definition) is 1. The molecule has 4 heterocycles. The van der Waals surface area contributed by atoms with Crippen LogP contribution in [0.2, 0.25) is 0 Å². The monoisotopic (exact) mass is 320 g/mol. The highest BCUT2D eigenvalue weighted by Crippen LogP contribution is 2.38. The van der Waals surface area contributed by atoms with E-state index in [2.05, 4.69) is 15.1 Å². The quantitative estimate of drug-likeness (QED) is 0.514. The zero-order valence-corrected chi connectivity index (χ0v) is 12.1. The van der Waals surface area contributed by atoms with Gasteiger partial charge in [0, 0.05) is 23.4 Å². The summed E-state index contributed by atoms with van der Waals surface area (Å²) in [6.07, 6.45) is 4.75. The van der Waals surface area contributed by atoms with E-state index in [4.69, 9.17) is 4.42 Å². The number of phenolic OH excluding ortho intramolecular Hbond substituents is 1. The predicted molar refractivity (Wildman–Crippen MR) is 84.1 cm³/mol. The second-order valence-corrected chi connectivity index (χ2v) is 5.40. The first-order chi connectivity index (χ1) is 11.7. The van der Waals surface area contributed by atoms with Crippen molar-refractivity contribution in [2.24, 2.45) is 4.99 Å². The van der Waals surface area contributed by atoms with Gasteiger partial charge < -0.3 is 9.52 Å². The average molecular weight is 320 g/mol. The lowest BCUT2D eigenvalue weighted by Gasteiger charge is -2.06. The summed E-state index contributed by atoms with van der Waals surface area (Å²) in [5.74, 6) is -0.356. The van der Waals surface area contributed by atoms with Crippen LogP contribution in [0.15, 0.2) is 58.5 Å². The third-order valence-corrected chi connectivity index (χ3v) is 4.03. The zero-order valence-electron chi connectivity index (χ0n) is 12.1. The van der Waals surface area contributed by atoms with Crippen LogP contribution < -0.4 is 0 Å². The Morgan fingerprint density at radius 1 is 1.08 bits per heavy atom. The van der Waals surface area contributed by atoms with Gasteiger partial charge in [-0.25, -0.2) is 18.9 Å². The van der Waals surface area contributed by atoms with E-state index < -0.39 is 5.82 Å². The molecule has 0 radical (unpaired) electrons. The van der Waals surface area contributed by atoms with E-state index in [0.29, 0.717) is 22.9 Å². The molecule has 6 nitrogen and oxygen atoms in total. The number of furan rings is 1. The molecule has 24 heavy (non-hydrogen) atoms. The molecule has 3 aromatic heterocycles. The maximum absolute atomic E-state index is 14.4. The van der Waals surface area contributed by atoms with Crippen molar-refractivity contribution in [3.05, 3.63) is 66.1 Å². The third kappa shape index (κ3) is 1.66. The molecule has 0 atom stereocenters. The van der Waals surface area contributed by atoms with Crippen LogP contribution in [-0.4, -0.2) is 25.4 Å². The molecular formula is C17H9FN4O2. The standard InChI is InChI=1S/C17H9FN4O2/c18-13-7-9(23)1-2-10(13)14-11-3-5-22-16(11)15(19-8-20-22)12-4-6-24-17(12)21-14/h1-8,23H. The van der Waals surface area contributed by atoms with Crippen molar-refractivity contribution < 1.29 is 13.9 Å². The number of aromatic hydroxyl groups is 1. The molecule has 116 valence electrons. The minimum Gasteiger partial charge on any atom is -0.508 e. The third-order valence-electron chi connectivity index (χ3n) is 4.03. The van der Waals surface area contributed by atoms with Crippen LogP contribution in [0.1, 0.15) is 11.1 Å². The minimum absolute atomic E-state index is 0.144. The lowest BCUT2D eigenvalue weighted by atomic mass is 10.0. The van der Waals surface area contributed by atoms with Gasteiger partial charge in [0.2, 0.25) is 5.88 Å². The Bertz CT molecular complexity index is 1140. The molecule has 0 fully saturated rings. The Hall–Kier alpha value is -3.48. The summed E-state index contributed by atoms with van der Waals surface area (Å²) in [5.41, 5.74) is 3.48. The van der Waals surface area contributed by atoms with E-state index in [1.807, 2.05) is 6.07 Å². The van der Waals surface area contributed by atoms with Gasteiger partial charge in [0.05, 0.1) is 17.5 Å². The summed E-state index contributed by atoms with van der Waals surface area (Å²) in [4.78, 5) is 8.87. The van der Waals surface area contributed by atoms with E-state index in [9.17, 15) is 9.50 Å². The lowest BCUT2D eigenvalue weighted by molar-refractivity contribution is 0.469. The topological polar surface area (TPSA) is 75.9 Å². The summed E-state index contributed by atoms with van der Waals surface area (Å²) in [7, 11) is 0. The molecule has 1 aliphatic rings. The summed E-state index contributed by atoms with van der Waals surface area (Å²) < 4.78 is 21.6. The van der Waals surface area contributed by atoms with Crippen molar-refractivity contribution in [2.75, 3.05) is 0 Å². The zero-order chi connectivity index (χ0) is 16.3. The van der Waals surface area contributed by atoms with Crippen molar-refractivity contribution in [1.82, 2.24) is 14.6 Å². The van der Waals surface area contributed by atoms with Crippen LogP contribution in [0.25, 0.3) is 16.8 Å². The molecule has 0 saturated heterocycles. The number of benzene rings is 1. The molecule has 4 aromatic rings. The smallest absolute Gasteiger partial charge is 0.228 e. The molecule has 0 amide bonds. The average Bonchev–Trinajstić information content (AvgIpc) is 3.17. The van der Waals surface area contributed by atoms with Gasteiger partial charge in [-0.05, 0) is 24.3 Å². The molecule has 0 bridgehead atoms. The second kappa shape index (κ2) is 4.51. The number of fused-ring (bicyclic) bond motifs is 2. The molecule has 0 unspecified atom stereocenters. The number of nitrogens with zero attached hydrogens (tertiary/aromatic N) is 4. The fourth-order valence-electron chi connectivity index (χ4n) is 2.97. The highest BCUT2D eigenvalue weighted by Gasteiger charge is 2.25. The molecule has 0 spiro atoms. The maximum atomic E-state index is 14.4. The van der Waals surface area contributed by atoms with Crippen LogP contribution in [0.3, 0.4) is 0 Å². The van der Waals surface area contributed by atoms with E-state index >= 15 is 0 Å². The summed E-state index contributed by atoms with van der Waals surface area (Å²) in [6, 6.07) is 7.55. The largest absolute Gasteiger partial charge is 0.508 e. The van der Waals surface area contributed by atoms with E-state index in [0.717, 1.165) is 17.1 Å². The van der Waals surface area contributed by atoms with Crippen molar-refractivity contribution in [2.45, 2.75) is 0 Å². The SMILES string of the molecule is Oc1ccc(C2=Nc3occc3-c3ncnn4ccc2c34)c(F)c1. The highest BCUT2D eigenvalue weighted by atomic mass is 19.1.